The number of hydrogen-bond donors (Lipinski definition) is 0. The Morgan fingerprint density at radius 2 is 1.75 bits per heavy atom. The van der Waals surface area contributed by atoms with E-state index in [9.17, 15) is 8.42 Å². The van der Waals surface area contributed by atoms with E-state index < -0.39 is 10.0 Å². The van der Waals surface area contributed by atoms with Gasteiger partial charge < -0.3 is 9.47 Å². The average Bonchev–Trinajstić information content (AvgIpc) is 2.72. The molecule has 0 radical (unpaired) electrons. The van der Waals surface area contributed by atoms with E-state index in [2.05, 4.69) is 9.97 Å². The quantitative estimate of drug-likeness (QED) is 0.607. The second kappa shape index (κ2) is 8.26. The van der Waals surface area contributed by atoms with Gasteiger partial charge in [-0.15, -0.1) is 0 Å². The van der Waals surface area contributed by atoms with Gasteiger partial charge in [0, 0.05) is 23.9 Å². The zero-order chi connectivity index (χ0) is 20.1. The highest BCUT2D eigenvalue weighted by atomic mass is 32.2. The molecule has 3 rings (SSSR count). The summed E-state index contributed by atoms with van der Waals surface area (Å²) in [6.45, 7) is 1.95. The van der Waals surface area contributed by atoms with Gasteiger partial charge in [0.25, 0.3) is 10.0 Å². The molecule has 0 N–H and O–H groups in total. The predicted molar refractivity (Wildman–Crippen MR) is 106 cm³/mol. The first kappa shape index (κ1) is 19.6. The first-order chi connectivity index (χ1) is 13.5. The largest absolute Gasteiger partial charge is 0.497 e. The molecule has 7 nitrogen and oxygen atoms in total. The summed E-state index contributed by atoms with van der Waals surface area (Å²) in [5.74, 6) is 1.42. The van der Waals surface area contributed by atoms with Crippen LogP contribution in [0.1, 0.15) is 11.1 Å². The summed E-state index contributed by atoms with van der Waals surface area (Å²) in [6, 6.07) is 13.5. The van der Waals surface area contributed by atoms with Crippen molar-refractivity contribution < 1.29 is 17.9 Å². The molecule has 0 atom stereocenters. The van der Waals surface area contributed by atoms with Crippen LogP contribution >= 0.6 is 0 Å². The number of benzene rings is 2. The minimum absolute atomic E-state index is 0.0421. The summed E-state index contributed by atoms with van der Waals surface area (Å²) in [7, 11) is -0.765. The van der Waals surface area contributed by atoms with Crippen LogP contribution in [0.15, 0.2) is 66.0 Å². The van der Waals surface area contributed by atoms with Crippen molar-refractivity contribution in [2.45, 2.75) is 18.4 Å². The fraction of sp³-hybridized carbons (Fsp3) is 0.200. The van der Waals surface area contributed by atoms with Gasteiger partial charge in [-0.25, -0.2) is 22.7 Å². The molecule has 28 heavy (non-hydrogen) atoms. The van der Waals surface area contributed by atoms with E-state index in [1.165, 1.54) is 23.9 Å². The van der Waals surface area contributed by atoms with Crippen LogP contribution < -0.4 is 13.8 Å². The maximum atomic E-state index is 13.4. The Kier molecular flexibility index (Phi) is 5.79. The van der Waals surface area contributed by atoms with Crippen molar-refractivity contribution in [2.75, 3.05) is 18.5 Å². The Bertz CT molecular complexity index is 1040. The normalized spacial score (nSPS) is 11.1. The van der Waals surface area contributed by atoms with Crippen molar-refractivity contribution in [3.8, 4) is 11.5 Å². The molecular weight excluding hydrogens is 378 g/mol. The minimum atomic E-state index is -3.85. The lowest BCUT2D eigenvalue weighted by molar-refractivity contribution is 0.391. The zero-order valence-corrected chi connectivity index (χ0v) is 16.7. The maximum Gasteiger partial charge on any atom is 0.265 e. The lowest BCUT2D eigenvalue weighted by Gasteiger charge is -2.24. The van der Waals surface area contributed by atoms with Crippen molar-refractivity contribution in [3.63, 3.8) is 0 Å². The molecule has 0 aliphatic heterocycles. The molecule has 0 unspecified atom stereocenters. The highest BCUT2D eigenvalue weighted by Crippen LogP contribution is 2.30. The van der Waals surface area contributed by atoms with Gasteiger partial charge in [-0.2, -0.15) is 0 Å². The van der Waals surface area contributed by atoms with Gasteiger partial charge >= 0.3 is 0 Å². The molecule has 8 heteroatoms. The number of ether oxygens (including phenoxy) is 2. The first-order valence-electron chi connectivity index (χ1n) is 8.52. The third kappa shape index (κ3) is 4.07. The maximum absolute atomic E-state index is 13.4. The number of hydrogen-bond acceptors (Lipinski definition) is 6. The van der Waals surface area contributed by atoms with Crippen LogP contribution in [0.3, 0.4) is 0 Å². The summed E-state index contributed by atoms with van der Waals surface area (Å²) in [4.78, 5) is 8.21. The SMILES string of the molecule is COc1ccc(CN(c2ccncn2)S(=O)(=O)c2ccc(C)cc2)c(OC)c1. The van der Waals surface area contributed by atoms with Crippen molar-refractivity contribution >= 4 is 15.8 Å². The molecule has 0 spiro atoms. The average molecular weight is 399 g/mol. The fourth-order valence-corrected chi connectivity index (χ4v) is 4.09. The fourth-order valence-electron chi connectivity index (χ4n) is 2.70. The minimum Gasteiger partial charge on any atom is -0.497 e. The monoisotopic (exact) mass is 399 g/mol. The van der Waals surface area contributed by atoms with Gasteiger partial charge in [-0.05, 0) is 31.2 Å². The van der Waals surface area contributed by atoms with Crippen LogP contribution in [0.4, 0.5) is 5.82 Å². The predicted octanol–water partition coefficient (Wildman–Crippen LogP) is 3.20. The highest BCUT2D eigenvalue weighted by molar-refractivity contribution is 7.92. The Hall–Kier alpha value is -3.13. The zero-order valence-electron chi connectivity index (χ0n) is 15.9. The lowest BCUT2D eigenvalue weighted by atomic mass is 10.2. The highest BCUT2D eigenvalue weighted by Gasteiger charge is 2.27. The smallest absolute Gasteiger partial charge is 0.265 e. The second-order valence-corrected chi connectivity index (χ2v) is 7.93. The number of aromatic nitrogens is 2. The molecule has 0 amide bonds. The van der Waals surface area contributed by atoms with Gasteiger partial charge in [0.2, 0.25) is 0 Å². The summed E-state index contributed by atoms with van der Waals surface area (Å²) < 4.78 is 38.6. The van der Waals surface area contributed by atoms with Crippen LogP contribution in [-0.4, -0.2) is 32.6 Å². The molecular formula is C20H21N3O4S. The second-order valence-electron chi connectivity index (χ2n) is 6.07. The van der Waals surface area contributed by atoms with Gasteiger partial charge in [-0.1, -0.05) is 17.7 Å². The van der Waals surface area contributed by atoms with E-state index in [1.807, 2.05) is 6.92 Å². The molecule has 0 saturated heterocycles. The number of anilines is 1. The van der Waals surface area contributed by atoms with Crippen molar-refractivity contribution in [1.29, 1.82) is 0 Å². The number of rotatable bonds is 7. The number of nitrogens with zero attached hydrogens (tertiary/aromatic N) is 3. The number of aryl methyl sites for hydroxylation is 1. The van der Waals surface area contributed by atoms with Gasteiger partial charge in [0.05, 0.1) is 25.7 Å². The third-order valence-corrected chi connectivity index (χ3v) is 6.00. The summed E-state index contributed by atoms with van der Waals surface area (Å²) >= 11 is 0. The summed E-state index contributed by atoms with van der Waals surface area (Å²) in [6.07, 6.45) is 2.82. The molecule has 146 valence electrons. The molecule has 1 aromatic heterocycles. The number of methoxy groups -OCH3 is 2. The third-order valence-electron chi connectivity index (χ3n) is 4.24. The standard InChI is InChI=1S/C20H21N3O4S/c1-15-4-8-18(9-5-15)28(24,25)23(20-10-11-21-14-22-20)13-16-6-7-17(26-2)12-19(16)27-3/h4-12,14H,13H2,1-3H3. The molecule has 0 saturated carbocycles. The van der Waals surface area contributed by atoms with Crippen molar-refractivity contribution in [2.24, 2.45) is 0 Å². The molecule has 0 fully saturated rings. The first-order valence-corrected chi connectivity index (χ1v) is 9.96. The summed E-state index contributed by atoms with van der Waals surface area (Å²) in [5.41, 5.74) is 1.65. The van der Waals surface area contributed by atoms with Gasteiger partial charge in [0.1, 0.15) is 23.6 Å². The Balaban J connectivity index is 2.07. The van der Waals surface area contributed by atoms with Crippen LogP contribution in [0, 0.1) is 6.92 Å². The van der Waals surface area contributed by atoms with Crippen LogP contribution in [0.25, 0.3) is 0 Å². The van der Waals surface area contributed by atoms with E-state index in [4.69, 9.17) is 9.47 Å². The molecule has 1 heterocycles. The topological polar surface area (TPSA) is 81.6 Å². The Labute approximate surface area is 164 Å². The van der Waals surface area contributed by atoms with Crippen molar-refractivity contribution in [1.82, 2.24) is 9.97 Å². The van der Waals surface area contributed by atoms with Crippen LogP contribution in [0.5, 0.6) is 11.5 Å². The molecule has 0 aliphatic carbocycles. The molecule has 3 aromatic rings. The van der Waals surface area contributed by atoms with Crippen LogP contribution in [0.2, 0.25) is 0 Å². The molecule has 2 aromatic carbocycles. The number of sulfonamides is 1. The van der Waals surface area contributed by atoms with Crippen LogP contribution in [-0.2, 0) is 16.6 Å². The van der Waals surface area contributed by atoms with E-state index in [-0.39, 0.29) is 17.3 Å². The van der Waals surface area contributed by atoms with Gasteiger partial charge in [0.15, 0.2) is 0 Å². The summed E-state index contributed by atoms with van der Waals surface area (Å²) in [5, 5.41) is 0. The molecule has 0 aliphatic rings. The van der Waals surface area contributed by atoms with Crippen molar-refractivity contribution in [3.05, 3.63) is 72.2 Å². The van der Waals surface area contributed by atoms with E-state index in [1.54, 1.807) is 55.6 Å². The van der Waals surface area contributed by atoms with E-state index >= 15 is 0 Å². The Morgan fingerprint density at radius 3 is 2.36 bits per heavy atom. The Morgan fingerprint density at radius 1 is 1.00 bits per heavy atom. The van der Waals surface area contributed by atoms with E-state index in [0.717, 1.165) is 5.56 Å². The van der Waals surface area contributed by atoms with Gasteiger partial charge in [-0.3, -0.25) is 0 Å². The van der Waals surface area contributed by atoms with E-state index in [0.29, 0.717) is 17.1 Å². The lowest BCUT2D eigenvalue weighted by Crippen LogP contribution is -2.31. The molecule has 0 bridgehead atoms.